The van der Waals surface area contributed by atoms with Gasteiger partial charge in [-0.15, -0.1) is 0 Å². The van der Waals surface area contributed by atoms with Gasteiger partial charge in [0, 0.05) is 25.6 Å². The molecular formula is C18H27FN2O. The molecule has 2 rings (SSSR count). The summed E-state index contributed by atoms with van der Waals surface area (Å²) < 4.78 is 12.8. The Morgan fingerprint density at radius 2 is 1.73 bits per heavy atom. The molecule has 4 heteroatoms. The maximum atomic E-state index is 12.8. The van der Waals surface area contributed by atoms with Crippen LogP contribution in [0.1, 0.15) is 50.5 Å². The van der Waals surface area contributed by atoms with Gasteiger partial charge in [0.1, 0.15) is 5.82 Å². The van der Waals surface area contributed by atoms with Crippen molar-refractivity contribution in [1.29, 1.82) is 0 Å². The molecule has 3 nitrogen and oxygen atoms in total. The summed E-state index contributed by atoms with van der Waals surface area (Å²) >= 11 is 0. The van der Waals surface area contributed by atoms with E-state index in [1.807, 2.05) is 0 Å². The van der Waals surface area contributed by atoms with Crippen LogP contribution in [0.5, 0.6) is 0 Å². The highest BCUT2D eigenvalue weighted by atomic mass is 19.1. The molecule has 1 aromatic rings. The van der Waals surface area contributed by atoms with Gasteiger partial charge in [0.05, 0.1) is 0 Å². The zero-order valence-corrected chi connectivity index (χ0v) is 13.2. The highest BCUT2D eigenvalue weighted by Crippen LogP contribution is 2.16. The molecule has 0 bridgehead atoms. The van der Waals surface area contributed by atoms with Crippen LogP contribution in [-0.2, 0) is 11.2 Å². The Bertz CT molecular complexity index is 439. The molecule has 2 N–H and O–H groups in total. The van der Waals surface area contributed by atoms with E-state index >= 15 is 0 Å². The maximum Gasteiger partial charge on any atom is 0.220 e. The largest absolute Gasteiger partial charge is 0.355 e. The summed E-state index contributed by atoms with van der Waals surface area (Å²) in [5, 5.41) is 6.48. The highest BCUT2D eigenvalue weighted by Gasteiger charge is 2.11. The van der Waals surface area contributed by atoms with E-state index in [-0.39, 0.29) is 11.7 Å². The summed E-state index contributed by atoms with van der Waals surface area (Å²) in [6.45, 7) is 1.52. The van der Waals surface area contributed by atoms with Crippen molar-refractivity contribution < 1.29 is 9.18 Å². The van der Waals surface area contributed by atoms with Crippen molar-refractivity contribution in [2.24, 2.45) is 0 Å². The van der Waals surface area contributed by atoms with Crippen molar-refractivity contribution in [3.8, 4) is 0 Å². The van der Waals surface area contributed by atoms with Crippen LogP contribution in [0.3, 0.4) is 0 Å². The van der Waals surface area contributed by atoms with Crippen LogP contribution in [-0.4, -0.2) is 25.0 Å². The molecule has 0 atom stereocenters. The lowest BCUT2D eigenvalue weighted by Gasteiger charge is -2.16. The predicted molar refractivity (Wildman–Crippen MR) is 87.2 cm³/mol. The number of halogens is 1. The molecule has 1 aliphatic rings. The SMILES string of the molecule is O=C(CCc1ccc(F)cc1)NCCNC1CCCCCC1. The molecule has 0 aromatic heterocycles. The molecule has 0 saturated heterocycles. The lowest BCUT2D eigenvalue weighted by atomic mass is 10.1. The van der Waals surface area contributed by atoms with Crippen molar-refractivity contribution in [2.75, 3.05) is 13.1 Å². The number of aryl methyl sites for hydroxylation is 1. The first kappa shape index (κ1) is 16.9. The van der Waals surface area contributed by atoms with Gasteiger partial charge in [0.15, 0.2) is 0 Å². The number of amides is 1. The number of benzene rings is 1. The average molecular weight is 306 g/mol. The van der Waals surface area contributed by atoms with Crippen molar-refractivity contribution in [3.63, 3.8) is 0 Å². The van der Waals surface area contributed by atoms with E-state index in [9.17, 15) is 9.18 Å². The average Bonchev–Trinajstić information content (AvgIpc) is 2.80. The van der Waals surface area contributed by atoms with Crippen LogP contribution >= 0.6 is 0 Å². The summed E-state index contributed by atoms with van der Waals surface area (Å²) in [5.41, 5.74) is 0.994. The van der Waals surface area contributed by atoms with Gasteiger partial charge in [0.25, 0.3) is 0 Å². The molecule has 1 aliphatic carbocycles. The smallest absolute Gasteiger partial charge is 0.220 e. The van der Waals surface area contributed by atoms with E-state index in [0.29, 0.717) is 25.4 Å². The lowest BCUT2D eigenvalue weighted by Crippen LogP contribution is -2.36. The minimum absolute atomic E-state index is 0.0620. The van der Waals surface area contributed by atoms with Crippen LogP contribution in [0.2, 0.25) is 0 Å². The molecule has 122 valence electrons. The van der Waals surface area contributed by atoms with E-state index in [0.717, 1.165) is 12.1 Å². The topological polar surface area (TPSA) is 41.1 Å². The van der Waals surface area contributed by atoms with Crippen LogP contribution < -0.4 is 10.6 Å². The number of carbonyl (C=O) groups is 1. The molecule has 1 saturated carbocycles. The van der Waals surface area contributed by atoms with E-state index in [1.165, 1.54) is 50.7 Å². The number of carbonyl (C=O) groups excluding carboxylic acids is 1. The second-order valence-electron chi connectivity index (χ2n) is 6.12. The first-order valence-corrected chi connectivity index (χ1v) is 8.48. The van der Waals surface area contributed by atoms with Gasteiger partial charge in [-0.25, -0.2) is 4.39 Å². The molecule has 0 radical (unpaired) electrons. The molecule has 0 spiro atoms. The van der Waals surface area contributed by atoms with Crippen LogP contribution in [0.25, 0.3) is 0 Å². The molecule has 1 fully saturated rings. The van der Waals surface area contributed by atoms with Crippen molar-refractivity contribution in [1.82, 2.24) is 10.6 Å². The third kappa shape index (κ3) is 6.56. The number of nitrogens with one attached hydrogen (secondary N) is 2. The molecule has 22 heavy (non-hydrogen) atoms. The van der Waals surface area contributed by atoms with Gasteiger partial charge < -0.3 is 10.6 Å². The Hall–Kier alpha value is -1.42. The molecule has 0 aliphatic heterocycles. The summed E-state index contributed by atoms with van der Waals surface area (Å²) in [7, 11) is 0. The zero-order valence-electron chi connectivity index (χ0n) is 13.2. The minimum Gasteiger partial charge on any atom is -0.355 e. The van der Waals surface area contributed by atoms with Gasteiger partial charge >= 0.3 is 0 Å². The fraction of sp³-hybridized carbons (Fsp3) is 0.611. The van der Waals surface area contributed by atoms with Gasteiger partial charge in [-0.2, -0.15) is 0 Å². The maximum absolute atomic E-state index is 12.8. The second kappa shape index (κ2) is 9.57. The Morgan fingerprint density at radius 3 is 2.41 bits per heavy atom. The number of hydrogen-bond acceptors (Lipinski definition) is 2. The minimum atomic E-state index is -0.238. The summed E-state index contributed by atoms with van der Waals surface area (Å²) in [4.78, 5) is 11.8. The van der Waals surface area contributed by atoms with E-state index in [4.69, 9.17) is 0 Å². The Kier molecular flexibility index (Phi) is 7.37. The molecule has 1 aromatic carbocycles. The first-order chi connectivity index (χ1) is 10.7. The fourth-order valence-electron chi connectivity index (χ4n) is 2.96. The number of rotatable bonds is 7. The monoisotopic (exact) mass is 306 g/mol. The zero-order chi connectivity index (χ0) is 15.6. The van der Waals surface area contributed by atoms with Crippen molar-refractivity contribution in [3.05, 3.63) is 35.6 Å². The Labute approximate surface area is 132 Å². The molecule has 0 heterocycles. The van der Waals surface area contributed by atoms with Crippen LogP contribution in [0, 0.1) is 5.82 Å². The highest BCUT2D eigenvalue weighted by molar-refractivity contribution is 5.76. The summed E-state index contributed by atoms with van der Waals surface area (Å²) in [6, 6.07) is 6.96. The Balaban J connectivity index is 1.54. The molecular weight excluding hydrogens is 279 g/mol. The van der Waals surface area contributed by atoms with Gasteiger partial charge in [-0.3, -0.25) is 4.79 Å². The standard InChI is InChI=1S/C18H27FN2O/c19-16-10-7-15(8-11-16)9-12-18(22)21-14-13-20-17-5-3-1-2-4-6-17/h7-8,10-11,17,20H,1-6,9,12-14H2,(H,21,22). The fourth-order valence-corrected chi connectivity index (χ4v) is 2.96. The third-order valence-corrected chi connectivity index (χ3v) is 4.29. The van der Waals surface area contributed by atoms with Crippen molar-refractivity contribution in [2.45, 2.75) is 57.4 Å². The van der Waals surface area contributed by atoms with Crippen LogP contribution in [0.4, 0.5) is 4.39 Å². The first-order valence-electron chi connectivity index (χ1n) is 8.48. The quantitative estimate of drug-likeness (QED) is 0.600. The van der Waals surface area contributed by atoms with Crippen LogP contribution in [0.15, 0.2) is 24.3 Å². The van der Waals surface area contributed by atoms with E-state index in [1.54, 1.807) is 12.1 Å². The van der Waals surface area contributed by atoms with E-state index in [2.05, 4.69) is 10.6 Å². The van der Waals surface area contributed by atoms with Gasteiger partial charge in [-0.05, 0) is 37.0 Å². The second-order valence-corrected chi connectivity index (χ2v) is 6.12. The summed E-state index contributed by atoms with van der Waals surface area (Å²) in [6.07, 6.45) is 8.99. The van der Waals surface area contributed by atoms with E-state index < -0.39 is 0 Å². The Morgan fingerprint density at radius 1 is 1.05 bits per heavy atom. The van der Waals surface area contributed by atoms with Gasteiger partial charge in [0.2, 0.25) is 5.91 Å². The third-order valence-electron chi connectivity index (χ3n) is 4.29. The number of hydrogen-bond donors (Lipinski definition) is 2. The lowest BCUT2D eigenvalue weighted by molar-refractivity contribution is -0.121. The molecule has 0 unspecified atom stereocenters. The van der Waals surface area contributed by atoms with Gasteiger partial charge in [-0.1, -0.05) is 37.8 Å². The molecule has 1 amide bonds. The normalized spacial score (nSPS) is 16.2. The van der Waals surface area contributed by atoms with Crippen molar-refractivity contribution >= 4 is 5.91 Å². The summed E-state index contributed by atoms with van der Waals surface area (Å²) in [5.74, 6) is -0.176. The predicted octanol–water partition coefficient (Wildman–Crippen LogP) is 3.19.